The number of hydrogen-bond acceptors (Lipinski definition) is 4. The van der Waals surface area contributed by atoms with Crippen molar-refractivity contribution < 1.29 is 24.2 Å². The lowest BCUT2D eigenvalue weighted by molar-refractivity contribution is -0.120. The van der Waals surface area contributed by atoms with Gasteiger partial charge in [-0.1, -0.05) is 18.2 Å². The molecule has 0 fully saturated rings. The number of carbonyl (C=O) groups excluding carboxylic acids is 1. The molecule has 1 amide bonds. The van der Waals surface area contributed by atoms with E-state index < -0.39 is 5.97 Å². The first kappa shape index (κ1) is 15.9. The van der Waals surface area contributed by atoms with Crippen molar-refractivity contribution in [2.75, 3.05) is 13.2 Å². The molecule has 124 valence electrons. The van der Waals surface area contributed by atoms with Crippen molar-refractivity contribution in [1.29, 1.82) is 0 Å². The van der Waals surface area contributed by atoms with Crippen LogP contribution in [0, 0.1) is 0 Å². The van der Waals surface area contributed by atoms with Gasteiger partial charge in [0.05, 0.1) is 12.0 Å². The molecule has 6 nitrogen and oxygen atoms in total. The number of nitrogens with one attached hydrogen (secondary N) is 1. The summed E-state index contributed by atoms with van der Waals surface area (Å²) in [6, 6.07) is 11.9. The minimum atomic E-state index is -0.968. The minimum Gasteiger partial charge on any atom is -0.486 e. The van der Waals surface area contributed by atoms with Crippen LogP contribution >= 0.6 is 0 Å². The normalized spacial score (nSPS) is 12.5. The summed E-state index contributed by atoms with van der Waals surface area (Å²) in [5.74, 6) is 0.276. The van der Waals surface area contributed by atoms with Gasteiger partial charge < -0.3 is 19.9 Å². The standard InChI is InChI=1S/C18H17NO5/c20-17(19-11-12-1-4-14(5-2-12)18(21)22)10-13-3-6-15-16(9-13)24-8-7-23-15/h1-6,9H,7-8,10-11H2,(H,19,20)(H,21,22). The lowest BCUT2D eigenvalue weighted by atomic mass is 10.1. The van der Waals surface area contributed by atoms with Crippen LogP contribution in [-0.4, -0.2) is 30.2 Å². The van der Waals surface area contributed by atoms with E-state index in [1.54, 1.807) is 12.1 Å². The predicted octanol–water partition coefficient (Wildman–Crippen LogP) is 2.01. The lowest BCUT2D eigenvalue weighted by Gasteiger charge is -2.18. The van der Waals surface area contributed by atoms with Crippen LogP contribution in [0.2, 0.25) is 0 Å². The molecule has 6 heteroatoms. The van der Waals surface area contributed by atoms with Crippen LogP contribution in [0.5, 0.6) is 11.5 Å². The van der Waals surface area contributed by atoms with Gasteiger partial charge in [0.2, 0.25) is 5.91 Å². The second kappa shape index (κ2) is 7.04. The SMILES string of the molecule is O=C(Cc1ccc2c(c1)OCCO2)NCc1ccc(C(=O)O)cc1. The molecule has 24 heavy (non-hydrogen) atoms. The maximum Gasteiger partial charge on any atom is 0.335 e. The van der Waals surface area contributed by atoms with Crippen LogP contribution in [0.4, 0.5) is 0 Å². The van der Waals surface area contributed by atoms with Crippen molar-refractivity contribution >= 4 is 11.9 Å². The van der Waals surface area contributed by atoms with Crippen LogP contribution in [0.1, 0.15) is 21.5 Å². The number of amides is 1. The van der Waals surface area contributed by atoms with E-state index in [1.165, 1.54) is 12.1 Å². The molecule has 3 rings (SSSR count). The Balaban J connectivity index is 1.55. The predicted molar refractivity (Wildman–Crippen MR) is 86.4 cm³/mol. The Morgan fingerprint density at radius 2 is 1.62 bits per heavy atom. The number of benzene rings is 2. The molecule has 2 aromatic rings. The zero-order chi connectivity index (χ0) is 16.9. The second-order valence-electron chi connectivity index (χ2n) is 5.43. The van der Waals surface area contributed by atoms with E-state index in [2.05, 4.69) is 5.32 Å². The van der Waals surface area contributed by atoms with E-state index in [4.69, 9.17) is 14.6 Å². The molecule has 2 aromatic carbocycles. The van der Waals surface area contributed by atoms with Gasteiger partial charge in [-0.3, -0.25) is 4.79 Å². The molecule has 0 radical (unpaired) electrons. The van der Waals surface area contributed by atoms with Crippen molar-refractivity contribution in [3.63, 3.8) is 0 Å². The average molecular weight is 327 g/mol. The van der Waals surface area contributed by atoms with Gasteiger partial charge >= 0.3 is 5.97 Å². The van der Waals surface area contributed by atoms with E-state index in [-0.39, 0.29) is 17.9 Å². The van der Waals surface area contributed by atoms with E-state index in [0.29, 0.717) is 31.3 Å². The van der Waals surface area contributed by atoms with E-state index in [9.17, 15) is 9.59 Å². The van der Waals surface area contributed by atoms with Crippen molar-refractivity contribution in [1.82, 2.24) is 5.32 Å². The van der Waals surface area contributed by atoms with Gasteiger partial charge in [0.1, 0.15) is 13.2 Å². The largest absolute Gasteiger partial charge is 0.486 e. The molecule has 2 N–H and O–H groups in total. The topological polar surface area (TPSA) is 84.9 Å². The highest BCUT2D eigenvalue weighted by atomic mass is 16.6. The molecular formula is C18H17NO5. The zero-order valence-corrected chi connectivity index (χ0v) is 13.0. The summed E-state index contributed by atoms with van der Waals surface area (Å²) < 4.78 is 10.9. The first-order valence-corrected chi connectivity index (χ1v) is 7.59. The van der Waals surface area contributed by atoms with E-state index >= 15 is 0 Å². The van der Waals surface area contributed by atoms with Gasteiger partial charge in [0.15, 0.2) is 11.5 Å². The molecule has 0 saturated heterocycles. The molecule has 0 bridgehead atoms. The number of carbonyl (C=O) groups is 2. The quantitative estimate of drug-likeness (QED) is 0.877. The Hall–Kier alpha value is -3.02. The third-order valence-corrected chi connectivity index (χ3v) is 3.66. The van der Waals surface area contributed by atoms with Crippen LogP contribution in [0.15, 0.2) is 42.5 Å². The van der Waals surface area contributed by atoms with Crippen LogP contribution in [0.3, 0.4) is 0 Å². The molecule has 0 spiro atoms. The third kappa shape index (κ3) is 3.84. The van der Waals surface area contributed by atoms with Gasteiger partial charge in [0, 0.05) is 6.54 Å². The second-order valence-corrected chi connectivity index (χ2v) is 5.43. The Bertz CT molecular complexity index is 755. The van der Waals surface area contributed by atoms with Gasteiger partial charge in [-0.25, -0.2) is 4.79 Å². The van der Waals surface area contributed by atoms with Crippen molar-refractivity contribution in [2.24, 2.45) is 0 Å². The summed E-state index contributed by atoms with van der Waals surface area (Å²) in [7, 11) is 0. The number of aromatic carboxylic acids is 1. The Labute approximate surface area is 139 Å². The summed E-state index contributed by atoms with van der Waals surface area (Å²) in [5.41, 5.74) is 1.91. The fourth-order valence-electron chi connectivity index (χ4n) is 2.41. The summed E-state index contributed by atoms with van der Waals surface area (Å²) in [6.07, 6.45) is 0.240. The Morgan fingerprint density at radius 3 is 2.33 bits per heavy atom. The highest BCUT2D eigenvalue weighted by Crippen LogP contribution is 2.30. The summed E-state index contributed by atoms with van der Waals surface area (Å²) in [5, 5.41) is 11.7. The van der Waals surface area contributed by atoms with Gasteiger partial charge in [-0.05, 0) is 35.4 Å². The van der Waals surface area contributed by atoms with Gasteiger partial charge in [0.25, 0.3) is 0 Å². The molecule has 0 aliphatic carbocycles. The number of hydrogen-bond donors (Lipinski definition) is 2. The fourth-order valence-corrected chi connectivity index (χ4v) is 2.41. The Morgan fingerprint density at radius 1 is 0.958 bits per heavy atom. The molecule has 1 heterocycles. The number of carboxylic acid groups (broad SMARTS) is 1. The molecule has 0 saturated carbocycles. The highest BCUT2D eigenvalue weighted by Gasteiger charge is 2.13. The molecule has 0 aromatic heterocycles. The number of fused-ring (bicyclic) bond motifs is 1. The molecule has 1 aliphatic rings. The monoisotopic (exact) mass is 327 g/mol. The number of carboxylic acids is 1. The third-order valence-electron chi connectivity index (χ3n) is 3.66. The molecule has 0 atom stereocenters. The van der Waals surface area contributed by atoms with Crippen molar-refractivity contribution in [3.05, 3.63) is 59.2 Å². The Kier molecular flexibility index (Phi) is 4.65. The van der Waals surface area contributed by atoms with Crippen molar-refractivity contribution in [2.45, 2.75) is 13.0 Å². The zero-order valence-electron chi connectivity index (χ0n) is 13.0. The van der Waals surface area contributed by atoms with Gasteiger partial charge in [-0.15, -0.1) is 0 Å². The fraction of sp³-hybridized carbons (Fsp3) is 0.222. The summed E-state index contributed by atoms with van der Waals surface area (Å²) >= 11 is 0. The molecule has 0 unspecified atom stereocenters. The van der Waals surface area contributed by atoms with Gasteiger partial charge in [-0.2, -0.15) is 0 Å². The summed E-state index contributed by atoms with van der Waals surface area (Å²) in [4.78, 5) is 22.8. The number of rotatable bonds is 5. The van der Waals surface area contributed by atoms with Crippen LogP contribution < -0.4 is 14.8 Å². The first-order chi connectivity index (χ1) is 11.6. The first-order valence-electron chi connectivity index (χ1n) is 7.59. The van der Waals surface area contributed by atoms with Crippen LogP contribution in [0.25, 0.3) is 0 Å². The van der Waals surface area contributed by atoms with E-state index in [0.717, 1.165) is 11.1 Å². The minimum absolute atomic E-state index is 0.117. The van der Waals surface area contributed by atoms with E-state index in [1.807, 2.05) is 18.2 Å². The lowest BCUT2D eigenvalue weighted by Crippen LogP contribution is -2.24. The smallest absolute Gasteiger partial charge is 0.335 e. The molecular weight excluding hydrogens is 310 g/mol. The average Bonchev–Trinajstić information content (AvgIpc) is 2.60. The highest BCUT2D eigenvalue weighted by molar-refractivity contribution is 5.87. The van der Waals surface area contributed by atoms with Crippen LogP contribution in [-0.2, 0) is 17.8 Å². The maximum absolute atomic E-state index is 12.1. The summed E-state index contributed by atoms with van der Waals surface area (Å²) in [6.45, 7) is 1.39. The molecule has 1 aliphatic heterocycles. The van der Waals surface area contributed by atoms with Crippen molar-refractivity contribution in [3.8, 4) is 11.5 Å². The number of ether oxygens (including phenoxy) is 2. The maximum atomic E-state index is 12.1.